The summed E-state index contributed by atoms with van der Waals surface area (Å²) in [6.07, 6.45) is 1.99. The molecule has 3 rings (SSSR count). The molecule has 0 fully saturated rings. The predicted octanol–water partition coefficient (Wildman–Crippen LogP) is 3.49. The van der Waals surface area contributed by atoms with Crippen LogP contribution in [-0.2, 0) is 17.6 Å². The number of fused-ring (bicyclic) bond motifs is 1. The summed E-state index contributed by atoms with van der Waals surface area (Å²) in [5, 5.41) is 12.6. The number of carbonyl (C=O) groups excluding carboxylic acids is 1. The van der Waals surface area contributed by atoms with Crippen molar-refractivity contribution < 1.29 is 13.6 Å². The van der Waals surface area contributed by atoms with Gasteiger partial charge in [0.25, 0.3) is 0 Å². The number of aryl methyl sites for hydroxylation is 2. The van der Waals surface area contributed by atoms with Gasteiger partial charge >= 0.3 is 0 Å². The number of alkyl halides is 2. The Balaban J connectivity index is 1.93. The number of hydrogen-bond acceptors (Lipinski definition) is 4. The Hall–Kier alpha value is -3.31. The van der Waals surface area contributed by atoms with Crippen LogP contribution in [0.25, 0.3) is 16.7 Å². The smallest absolute Gasteiger partial charge is 0.249 e. The zero-order valence-corrected chi connectivity index (χ0v) is 17.4. The molecule has 0 saturated carbocycles. The molecule has 0 bridgehead atoms. The van der Waals surface area contributed by atoms with Crippen LogP contribution in [0.3, 0.4) is 0 Å². The van der Waals surface area contributed by atoms with Gasteiger partial charge in [-0.1, -0.05) is 0 Å². The third-order valence-corrected chi connectivity index (χ3v) is 5.18. The van der Waals surface area contributed by atoms with Crippen molar-refractivity contribution in [1.82, 2.24) is 14.9 Å². The molecule has 2 aromatic heterocycles. The summed E-state index contributed by atoms with van der Waals surface area (Å²) in [4.78, 5) is 15.8. The summed E-state index contributed by atoms with van der Waals surface area (Å²) < 4.78 is 29.9. The van der Waals surface area contributed by atoms with Crippen LogP contribution >= 0.6 is 0 Å². The fourth-order valence-corrected chi connectivity index (χ4v) is 3.50. The predicted molar refractivity (Wildman–Crippen MR) is 115 cm³/mol. The maximum absolute atomic E-state index is 14.0. The number of nitrogens with zero attached hydrogens (tertiary/aromatic N) is 3. The van der Waals surface area contributed by atoms with Gasteiger partial charge in [0.1, 0.15) is 5.65 Å². The Kier molecular flexibility index (Phi) is 6.98. The number of benzene rings is 1. The van der Waals surface area contributed by atoms with E-state index in [9.17, 15) is 13.6 Å². The largest absolute Gasteiger partial charge is 0.370 e. The first kappa shape index (κ1) is 22.4. The number of hydrogen-bond donors (Lipinski definition) is 2. The third kappa shape index (κ3) is 5.64. The van der Waals surface area contributed by atoms with Crippen LogP contribution < -0.4 is 11.1 Å². The van der Waals surface area contributed by atoms with E-state index in [2.05, 4.69) is 16.4 Å². The van der Waals surface area contributed by atoms with Gasteiger partial charge in [-0.3, -0.25) is 9.36 Å². The number of nitrogens with one attached hydrogen (secondary N) is 1. The second-order valence-electron chi connectivity index (χ2n) is 7.56. The number of aromatic nitrogens is 2. The molecular weight excluding hydrogens is 400 g/mol. The standard InChI is InChI=1S/C23H25F2N5O/c1-28-11-10-23(24,25)9-8-17-12-18-13-20(6-7-21(27)31)30(22(18)29-15-17)19-4-2-16(14-26)3-5-19/h2-5,12-13,15,28H,6-11H2,1H3,(H2,27,31). The quantitative estimate of drug-likeness (QED) is 0.520. The van der Waals surface area contributed by atoms with Gasteiger partial charge in [0, 0.05) is 48.8 Å². The van der Waals surface area contributed by atoms with Gasteiger partial charge in [0.05, 0.1) is 11.6 Å². The van der Waals surface area contributed by atoms with Crippen molar-refractivity contribution in [3.8, 4) is 11.8 Å². The molecule has 0 atom stereocenters. The lowest BCUT2D eigenvalue weighted by Crippen LogP contribution is -2.23. The molecular formula is C23H25F2N5O. The summed E-state index contributed by atoms with van der Waals surface area (Å²) in [5.41, 5.74) is 8.89. The SMILES string of the molecule is CNCCC(F)(F)CCc1cnc2c(c1)cc(CCC(N)=O)n2-c1ccc(C#N)cc1. The summed E-state index contributed by atoms with van der Waals surface area (Å²) in [6, 6.07) is 12.9. The molecule has 1 aromatic carbocycles. The Morgan fingerprint density at radius 2 is 1.97 bits per heavy atom. The van der Waals surface area contributed by atoms with Crippen LogP contribution in [0.5, 0.6) is 0 Å². The van der Waals surface area contributed by atoms with Gasteiger partial charge in [-0.25, -0.2) is 13.8 Å². The second-order valence-corrected chi connectivity index (χ2v) is 7.56. The van der Waals surface area contributed by atoms with Crippen molar-refractivity contribution in [2.75, 3.05) is 13.6 Å². The Morgan fingerprint density at radius 3 is 2.61 bits per heavy atom. The highest BCUT2D eigenvalue weighted by Crippen LogP contribution is 2.28. The van der Waals surface area contributed by atoms with Gasteiger partial charge in [-0.2, -0.15) is 5.26 Å². The fourth-order valence-electron chi connectivity index (χ4n) is 3.50. The first-order valence-corrected chi connectivity index (χ1v) is 10.1. The number of halogens is 2. The van der Waals surface area contributed by atoms with Gasteiger partial charge < -0.3 is 11.1 Å². The summed E-state index contributed by atoms with van der Waals surface area (Å²) in [7, 11) is 1.66. The van der Waals surface area contributed by atoms with Crippen LogP contribution in [0.2, 0.25) is 0 Å². The van der Waals surface area contributed by atoms with E-state index in [1.54, 1.807) is 25.4 Å². The molecule has 3 N–H and O–H groups in total. The first-order chi connectivity index (χ1) is 14.8. The number of nitrogens with two attached hydrogens (primary N) is 1. The van der Waals surface area contributed by atoms with Crippen LogP contribution in [0.1, 0.15) is 36.1 Å². The molecule has 6 nitrogen and oxygen atoms in total. The molecule has 0 aliphatic heterocycles. The molecule has 1 amide bonds. The molecule has 0 saturated heterocycles. The molecule has 0 spiro atoms. The van der Waals surface area contributed by atoms with Gasteiger partial charge in [-0.05, 0) is 61.9 Å². The van der Waals surface area contributed by atoms with Crippen molar-refractivity contribution in [3.63, 3.8) is 0 Å². The molecule has 2 heterocycles. The van der Waals surface area contributed by atoms with Crippen LogP contribution in [-0.4, -0.2) is 35.0 Å². The van der Waals surface area contributed by atoms with Crippen molar-refractivity contribution in [1.29, 1.82) is 5.26 Å². The van der Waals surface area contributed by atoms with Crippen molar-refractivity contribution in [2.24, 2.45) is 5.73 Å². The summed E-state index contributed by atoms with van der Waals surface area (Å²) in [6.45, 7) is 0.265. The van der Waals surface area contributed by atoms with Crippen molar-refractivity contribution in [3.05, 3.63) is 59.4 Å². The van der Waals surface area contributed by atoms with E-state index in [1.165, 1.54) is 0 Å². The molecule has 0 aliphatic carbocycles. The second kappa shape index (κ2) is 9.67. The molecule has 0 aliphatic rings. The monoisotopic (exact) mass is 425 g/mol. The topological polar surface area (TPSA) is 96.7 Å². The van der Waals surface area contributed by atoms with Crippen LogP contribution in [0.15, 0.2) is 42.6 Å². The maximum Gasteiger partial charge on any atom is 0.249 e. The van der Waals surface area contributed by atoms with E-state index >= 15 is 0 Å². The third-order valence-electron chi connectivity index (χ3n) is 5.18. The Morgan fingerprint density at radius 1 is 1.23 bits per heavy atom. The lowest BCUT2D eigenvalue weighted by molar-refractivity contribution is -0.118. The average Bonchev–Trinajstić information content (AvgIpc) is 3.12. The number of carbonyl (C=O) groups is 1. The number of primary amides is 1. The van der Waals surface area contributed by atoms with Crippen molar-refractivity contribution in [2.45, 2.75) is 38.0 Å². The summed E-state index contributed by atoms with van der Waals surface area (Å²) in [5.74, 6) is -3.15. The molecule has 31 heavy (non-hydrogen) atoms. The van der Waals surface area contributed by atoms with E-state index in [-0.39, 0.29) is 32.2 Å². The van der Waals surface area contributed by atoms with E-state index in [4.69, 9.17) is 11.0 Å². The first-order valence-electron chi connectivity index (χ1n) is 10.1. The lowest BCUT2D eigenvalue weighted by Gasteiger charge is -2.16. The van der Waals surface area contributed by atoms with Gasteiger partial charge in [-0.15, -0.1) is 0 Å². The Labute approximate surface area is 179 Å². The highest BCUT2D eigenvalue weighted by atomic mass is 19.3. The van der Waals surface area contributed by atoms with E-state index in [1.807, 2.05) is 28.8 Å². The maximum atomic E-state index is 14.0. The normalized spacial score (nSPS) is 11.5. The average molecular weight is 425 g/mol. The zero-order chi connectivity index (χ0) is 22.4. The summed E-state index contributed by atoms with van der Waals surface area (Å²) >= 11 is 0. The molecule has 8 heteroatoms. The number of nitriles is 1. The Bertz CT molecular complexity index is 1100. The van der Waals surface area contributed by atoms with Crippen molar-refractivity contribution >= 4 is 16.9 Å². The minimum absolute atomic E-state index is 0.178. The minimum atomic E-state index is -2.74. The van der Waals surface area contributed by atoms with Gasteiger partial charge in [0.2, 0.25) is 11.8 Å². The molecule has 0 radical (unpaired) electrons. The lowest BCUT2D eigenvalue weighted by atomic mass is 10.0. The highest BCUT2D eigenvalue weighted by Gasteiger charge is 2.27. The van der Waals surface area contributed by atoms with Gasteiger partial charge in [0.15, 0.2) is 0 Å². The zero-order valence-electron chi connectivity index (χ0n) is 17.4. The molecule has 0 unspecified atom stereocenters. The number of pyridine rings is 1. The van der Waals surface area contributed by atoms with E-state index in [0.29, 0.717) is 17.6 Å². The van der Waals surface area contributed by atoms with E-state index in [0.717, 1.165) is 22.3 Å². The fraction of sp³-hybridized carbons (Fsp3) is 0.348. The minimum Gasteiger partial charge on any atom is -0.370 e. The number of amides is 1. The molecule has 3 aromatic rings. The van der Waals surface area contributed by atoms with Crippen LogP contribution in [0.4, 0.5) is 8.78 Å². The molecule has 162 valence electrons. The van der Waals surface area contributed by atoms with Crippen LogP contribution in [0, 0.1) is 11.3 Å². The van der Waals surface area contributed by atoms with E-state index < -0.39 is 11.8 Å². The number of rotatable bonds is 10. The highest BCUT2D eigenvalue weighted by molar-refractivity contribution is 5.81.